The van der Waals surface area contributed by atoms with Gasteiger partial charge in [-0.3, -0.25) is 4.90 Å². The zero-order valence-corrected chi connectivity index (χ0v) is 18.8. The van der Waals surface area contributed by atoms with Crippen molar-refractivity contribution in [3.63, 3.8) is 0 Å². The number of ether oxygens (including phenoxy) is 2. The lowest BCUT2D eigenvalue weighted by Gasteiger charge is -2.46. The second-order valence-corrected chi connectivity index (χ2v) is 15.5. The highest BCUT2D eigenvalue weighted by atomic mass is 28.3. The molecule has 2 saturated heterocycles. The fourth-order valence-electron chi connectivity index (χ4n) is 3.83. The fraction of sp³-hybridized carbons (Fsp3) is 0.800. The summed E-state index contributed by atoms with van der Waals surface area (Å²) < 4.78 is 11.2. The van der Waals surface area contributed by atoms with Crippen molar-refractivity contribution in [3.8, 4) is 0 Å². The molecule has 27 heavy (non-hydrogen) atoms. The molecule has 0 N–H and O–H groups in total. The number of piperazine rings is 1. The molecule has 2 rings (SSSR count). The highest BCUT2D eigenvalue weighted by Gasteiger charge is 2.50. The van der Waals surface area contributed by atoms with E-state index in [1.54, 1.807) is 0 Å². The molecular weight excluding hydrogens is 360 g/mol. The highest BCUT2D eigenvalue weighted by Crippen LogP contribution is 2.37. The molecule has 2 fully saturated rings. The first kappa shape index (κ1) is 21.8. The molecule has 0 aliphatic carbocycles. The maximum atomic E-state index is 12.7. The molecule has 0 aromatic rings. The molecule has 0 radical (unpaired) electrons. The Bertz CT molecular complexity index is 567. The van der Waals surface area contributed by atoms with Crippen LogP contribution in [-0.4, -0.2) is 66.9 Å². The second kappa shape index (κ2) is 8.25. The van der Waals surface area contributed by atoms with Crippen LogP contribution in [0.1, 0.15) is 40.0 Å². The lowest BCUT2D eigenvalue weighted by molar-refractivity contribution is -0.0213. The van der Waals surface area contributed by atoms with Gasteiger partial charge in [-0.2, -0.15) is 0 Å². The molecule has 2 bridgehead atoms. The van der Waals surface area contributed by atoms with Crippen molar-refractivity contribution in [1.82, 2.24) is 9.80 Å². The molecule has 0 unspecified atom stereocenters. The van der Waals surface area contributed by atoms with Crippen LogP contribution in [-0.2, 0) is 9.47 Å². The summed E-state index contributed by atoms with van der Waals surface area (Å²) in [5.41, 5.74) is -0.530. The lowest BCUT2D eigenvalue weighted by Crippen LogP contribution is -2.63. The molecule has 2 amide bonds. The Morgan fingerprint density at radius 2 is 1.85 bits per heavy atom. The summed E-state index contributed by atoms with van der Waals surface area (Å²) in [6, 6.07) is 0.806. The van der Waals surface area contributed by atoms with Gasteiger partial charge < -0.3 is 14.4 Å². The Morgan fingerprint density at radius 1 is 1.19 bits per heavy atom. The first-order valence-electron chi connectivity index (χ1n) is 9.98. The molecule has 0 saturated carbocycles. The normalized spacial score (nSPS) is 25.3. The summed E-state index contributed by atoms with van der Waals surface area (Å²) in [7, 11) is -1.25. The molecule has 0 spiro atoms. The molecule has 2 aliphatic rings. The van der Waals surface area contributed by atoms with E-state index in [0.717, 1.165) is 18.9 Å². The standard InChI is InChI=1S/C20H36N2O4Si/c1-8-9-16-17-11-10-15(22(17)19(24)26-20(2,3)4)14-21(16)18(23)25-12-13-27(5,6)7/h8,15-17H,1,9-14H2,2-7H3/t15-,16-,17+/m1/s1. The quantitative estimate of drug-likeness (QED) is 0.507. The number of amides is 2. The number of fused-ring (bicyclic) bond motifs is 2. The van der Waals surface area contributed by atoms with Gasteiger partial charge in [0.2, 0.25) is 0 Å². The van der Waals surface area contributed by atoms with E-state index in [4.69, 9.17) is 9.47 Å². The lowest BCUT2D eigenvalue weighted by atomic mass is 10.00. The van der Waals surface area contributed by atoms with Crippen molar-refractivity contribution >= 4 is 20.3 Å². The molecule has 0 aromatic heterocycles. The minimum absolute atomic E-state index is 0.00421. The van der Waals surface area contributed by atoms with Crippen molar-refractivity contribution in [2.24, 2.45) is 0 Å². The average Bonchev–Trinajstić information content (AvgIpc) is 2.83. The third-order valence-electron chi connectivity index (χ3n) is 5.12. The maximum absolute atomic E-state index is 12.7. The predicted molar refractivity (Wildman–Crippen MR) is 110 cm³/mol. The number of rotatable bonds is 5. The molecule has 2 aliphatic heterocycles. The van der Waals surface area contributed by atoms with E-state index in [9.17, 15) is 9.59 Å². The monoisotopic (exact) mass is 396 g/mol. The van der Waals surface area contributed by atoms with Gasteiger partial charge in [0.15, 0.2) is 0 Å². The van der Waals surface area contributed by atoms with Crippen LogP contribution in [0.3, 0.4) is 0 Å². The minimum Gasteiger partial charge on any atom is -0.450 e. The smallest absolute Gasteiger partial charge is 0.410 e. The molecule has 6 nitrogen and oxygen atoms in total. The first-order valence-corrected chi connectivity index (χ1v) is 13.7. The van der Waals surface area contributed by atoms with Gasteiger partial charge in [0.1, 0.15) is 5.60 Å². The van der Waals surface area contributed by atoms with Crippen LogP contribution in [0, 0.1) is 0 Å². The van der Waals surface area contributed by atoms with Crippen LogP contribution in [0.25, 0.3) is 0 Å². The molecule has 2 heterocycles. The van der Waals surface area contributed by atoms with Gasteiger partial charge in [-0.25, -0.2) is 9.59 Å². The number of carbonyl (C=O) groups is 2. The summed E-state index contributed by atoms with van der Waals surface area (Å²) >= 11 is 0. The predicted octanol–water partition coefficient (Wildman–Crippen LogP) is 4.49. The number of likely N-dealkylation sites (tertiary alicyclic amines) is 1. The number of nitrogens with zero attached hydrogens (tertiary/aromatic N) is 2. The van der Waals surface area contributed by atoms with Crippen LogP contribution in [0.2, 0.25) is 25.7 Å². The van der Waals surface area contributed by atoms with E-state index in [1.807, 2.05) is 36.6 Å². The second-order valence-electron chi connectivity index (χ2n) is 9.86. The van der Waals surface area contributed by atoms with Crippen molar-refractivity contribution in [2.45, 2.75) is 89.4 Å². The van der Waals surface area contributed by atoms with Crippen molar-refractivity contribution in [3.05, 3.63) is 12.7 Å². The van der Waals surface area contributed by atoms with Crippen LogP contribution in [0.5, 0.6) is 0 Å². The van der Waals surface area contributed by atoms with Crippen molar-refractivity contribution in [1.29, 1.82) is 0 Å². The Hall–Kier alpha value is -1.50. The van der Waals surface area contributed by atoms with Gasteiger partial charge in [0.05, 0.1) is 24.7 Å². The first-order chi connectivity index (χ1) is 12.4. The molecule has 7 heteroatoms. The summed E-state index contributed by atoms with van der Waals surface area (Å²) in [5.74, 6) is 0. The highest BCUT2D eigenvalue weighted by molar-refractivity contribution is 6.76. The Morgan fingerprint density at radius 3 is 2.41 bits per heavy atom. The SMILES string of the molecule is C=CC[C@@H]1[C@@H]2CC[C@H](CN1C(=O)OCC[Si](C)(C)C)N2C(=O)OC(C)(C)C. The zero-order chi connectivity index (χ0) is 20.4. The molecular formula is C20H36N2O4Si. The maximum Gasteiger partial charge on any atom is 0.410 e. The van der Waals surface area contributed by atoms with E-state index >= 15 is 0 Å². The number of carbonyl (C=O) groups excluding carboxylic acids is 2. The summed E-state index contributed by atoms with van der Waals surface area (Å²) in [4.78, 5) is 29.1. The summed E-state index contributed by atoms with van der Waals surface area (Å²) in [6.45, 7) is 17.2. The third-order valence-corrected chi connectivity index (χ3v) is 6.83. The number of hydrogen-bond donors (Lipinski definition) is 0. The molecule has 3 atom stereocenters. The van der Waals surface area contributed by atoms with E-state index in [-0.39, 0.29) is 30.3 Å². The minimum atomic E-state index is -1.25. The van der Waals surface area contributed by atoms with E-state index in [1.165, 1.54) is 0 Å². The average molecular weight is 397 g/mol. The van der Waals surface area contributed by atoms with Crippen LogP contribution in [0.15, 0.2) is 12.7 Å². The van der Waals surface area contributed by atoms with E-state index < -0.39 is 13.7 Å². The van der Waals surface area contributed by atoms with Gasteiger partial charge in [-0.05, 0) is 46.1 Å². The Labute approximate surface area is 164 Å². The third kappa shape index (κ3) is 5.73. The zero-order valence-electron chi connectivity index (χ0n) is 17.8. The van der Waals surface area contributed by atoms with E-state index in [2.05, 4.69) is 26.2 Å². The molecule has 154 valence electrons. The number of hydrogen-bond acceptors (Lipinski definition) is 4. The van der Waals surface area contributed by atoms with Crippen LogP contribution >= 0.6 is 0 Å². The summed E-state index contributed by atoms with van der Waals surface area (Å²) in [5, 5.41) is 0. The topological polar surface area (TPSA) is 59.1 Å². The Kier molecular flexibility index (Phi) is 6.66. The summed E-state index contributed by atoms with van der Waals surface area (Å²) in [6.07, 6.45) is 3.67. The van der Waals surface area contributed by atoms with E-state index in [0.29, 0.717) is 19.6 Å². The Balaban J connectivity index is 2.09. The van der Waals surface area contributed by atoms with Gasteiger partial charge >= 0.3 is 12.2 Å². The van der Waals surface area contributed by atoms with Gasteiger partial charge in [0.25, 0.3) is 0 Å². The fourth-order valence-corrected chi connectivity index (χ4v) is 4.55. The van der Waals surface area contributed by atoms with Gasteiger partial charge in [-0.1, -0.05) is 25.7 Å². The van der Waals surface area contributed by atoms with Gasteiger partial charge in [-0.15, -0.1) is 6.58 Å². The van der Waals surface area contributed by atoms with Crippen molar-refractivity contribution < 1.29 is 19.1 Å². The van der Waals surface area contributed by atoms with Gasteiger partial charge in [0, 0.05) is 14.6 Å². The van der Waals surface area contributed by atoms with Crippen LogP contribution < -0.4 is 0 Å². The largest absolute Gasteiger partial charge is 0.450 e. The molecule has 0 aromatic carbocycles. The van der Waals surface area contributed by atoms with Crippen molar-refractivity contribution in [2.75, 3.05) is 13.2 Å². The van der Waals surface area contributed by atoms with Crippen LogP contribution in [0.4, 0.5) is 9.59 Å².